The molecule has 0 aliphatic heterocycles. The summed E-state index contributed by atoms with van der Waals surface area (Å²) in [4.78, 5) is 15.1. The minimum absolute atomic E-state index is 0.459. The van der Waals surface area contributed by atoms with Crippen LogP contribution in [0.4, 0.5) is 4.79 Å². The van der Waals surface area contributed by atoms with Crippen LogP contribution in [0.1, 0.15) is 25.7 Å². The van der Waals surface area contributed by atoms with Crippen molar-refractivity contribution in [2.45, 2.75) is 25.7 Å². The first-order chi connectivity index (χ1) is 13.8. The van der Waals surface area contributed by atoms with E-state index in [1.165, 1.54) is 12.8 Å². The lowest BCUT2D eigenvalue weighted by molar-refractivity contribution is 0.201. The number of hydrogen-bond donors (Lipinski definition) is 3. The predicted molar refractivity (Wildman–Crippen MR) is 108 cm³/mol. The minimum Gasteiger partial charge on any atom is -0.493 e. The van der Waals surface area contributed by atoms with Crippen LogP contribution in [0, 0.1) is 29.6 Å². The number of likely N-dealkylation sites (N-methyl/N-ethyl adjacent to an activating group) is 1. The topological polar surface area (TPSA) is 75.4 Å². The molecule has 1 aromatic carbocycles. The van der Waals surface area contributed by atoms with E-state index in [-0.39, 0.29) is 0 Å². The lowest BCUT2D eigenvalue weighted by Crippen LogP contribution is -2.32. The van der Waals surface area contributed by atoms with Crippen molar-refractivity contribution >= 4 is 17.0 Å². The summed E-state index contributed by atoms with van der Waals surface area (Å²) in [5.41, 5.74) is 0.913. The van der Waals surface area contributed by atoms with Crippen LogP contribution < -0.4 is 20.1 Å². The summed E-state index contributed by atoms with van der Waals surface area (Å²) in [6, 6.07) is 5.86. The molecule has 0 saturated heterocycles. The summed E-state index contributed by atoms with van der Waals surface area (Å²) in [5, 5.41) is 6.53. The van der Waals surface area contributed by atoms with Gasteiger partial charge in [-0.3, -0.25) is 0 Å². The zero-order valence-electron chi connectivity index (χ0n) is 16.2. The molecule has 2 aliphatic carbocycles. The predicted octanol–water partition coefficient (Wildman–Crippen LogP) is 3.29. The van der Waals surface area contributed by atoms with Crippen LogP contribution in [0.5, 0.6) is 11.5 Å². The lowest BCUT2D eigenvalue weighted by Gasteiger charge is -2.08. The van der Waals surface area contributed by atoms with E-state index in [1.54, 1.807) is 6.20 Å². The first-order valence-electron chi connectivity index (χ1n) is 10.1. The average molecular weight is 381 g/mol. The van der Waals surface area contributed by atoms with E-state index in [1.807, 2.05) is 25.2 Å². The Balaban J connectivity index is 1.36. The highest BCUT2D eigenvalue weighted by atomic mass is 16.6. The molecule has 3 atom stereocenters. The molecule has 4 rings (SSSR count). The van der Waals surface area contributed by atoms with Gasteiger partial charge in [-0.05, 0) is 55.8 Å². The number of aromatic amines is 1. The number of nitrogens with one attached hydrogen (secondary N) is 3. The van der Waals surface area contributed by atoms with Gasteiger partial charge in [0.1, 0.15) is 5.75 Å². The van der Waals surface area contributed by atoms with Gasteiger partial charge < -0.3 is 25.1 Å². The van der Waals surface area contributed by atoms with Gasteiger partial charge in [-0.25, -0.2) is 4.79 Å². The third-order valence-corrected chi connectivity index (χ3v) is 5.74. The summed E-state index contributed by atoms with van der Waals surface area (Å²) < 4.78 is 11.5. The van der Waals surface area contributed by atoms with Crippen molar-refractivity contribution in [3.8, 4) is 23.3 Å². The molecule has 0 radical (unpaired) electrons. The number of H-pyrrole nitrogens is 1. The molecule has 1 heterocycles. The Bertz CT molecular complexity index is 877. The van der Waals surface area contributed by atoms with E-state index in [9.17, 15) is 4.79 Å². The minimum atomic E-state index is -0.459. The molecule has 148 valence electrons. The third-order valence-electron chi connectivity index (χ3n) is 5.74. The molecule has 6 heteroatoms. The molecule has 1 unspecified atom stereocenters. The van der Waals surface area contributed by atoms with E-state index in [0.29, 0.717) is 24.8 Å². The van der Waals surface area contributed by atoms with Gasteiger partial charge >= 0.3 is 6.09 Å². The average Bonchev–Trinajstić information content (AvgIpc) is 3.15. The number of ether oxygens (including phenoxy) is 2. The molecule has 1 amide bonds. The van der Waals surface area contributed by atoms with Crippen molar-refractivity contribution in [3.63, 3.8) is 0 Å². The molecule has 1 fully saturated rings. The van der Waals surface area contributed by atoms with Gasteiger partial charge in [0.2, 0.25) is 0 Å². The van der Waals surface area contributed by atoms with E-state index < -0.39 is 6.09 Å². The summed E-state index contributed by atoms with van der Waals surface area (Å²) in [7, 11) is 1.83. The lowest BCUT2D eigenvalue weighted by atomic mass is 10.1. The highest BCUT2D eigenvalue weighted by Gasteiger charge is 2.49. The van der Waals surface area contributed by atoms with Crippen molar-refractivity contribution in [2.75, 3.05) is 26.7 Å². The Kier molecular flexibility index (Phi) is 5.73. The molecule has 2 aromatic rings. The Morgan fingerprint density at radius 1 is 1.21 bits per heavy atom. The highest BCUT2D eigenvalue weighted by Crippen LogP contribution is 2.52. The van der Waals surface area contributed by atoms with Gasteiger partial charge in [0, 0.05) is 43.0 Å². The van der Waals surface area contributed by atoms with E-state index in [0.717, 1.165) is 47.9 Å². The van der Waals surface area contributed by atoms with Crippen molar-refractivity contribution in [3.05, 3.63) is 24.4 Å². The monoisotopic (exact) mass is 381 g/mol. The highest BCUT2D eigenvalue weighted by molar-refractivity contribution is 5.89. The number of rotatable bonds is 7. The van der Waals surface area contributed by atoms with Gasteiger partial charge in [0.15, 0.2) is 5.75 Å². The molecule has 28 heavy (non-hydrogen) atoms. The maximum absolute atomic E-state index is 11.9. The largest absolute Gasteiger partial charge is 0.493 e. The Labute approximate surface area is 165 Å². The van der Waals surface area contributed by atoms with E-state index in [4.69, 9.17) is 9.47 Å². The second-order valence-corrected chi connectivity index (χ2v) is 7.51. The Hall–Kier alpha value is -2.65. The normalized spacial score (nSPS) is 23.0. The van der Waals surface area contributed by atoms with Gasteiger partial charge in [-0.2, -0.15) is 0 Å². The number of benzene rings is 1. The van der Waals surface area contributed by atoms with Crippen molar-refractivity contribution in [2.24, 2.45) is 17.8 Å². The fourth-order valence-electron chi connectivity index (χ4n) is 4.15. The summed E-state index contributed by atoms with van der Waals surface area (Å²) >= 11 is 0. The van der Waals surface area contributed by atoms with Gasteiger partial charge in [-0.1, -0.05) is 0 Å². The summed E-state index contributed by atoms with van der Waals surface area (Å²) in [6.45, 7) is 1.95. The second kappa shape index (κ2) is 8.57. The number of aromatic nitrogens is 1. The van der Waals surface area contributed by atoms with E-state index >= 15 is 0 Å². The van der Waals surface area contributed by atoms with Crippen LogP contribution in [0.15, 0.2) is 24.4 Å². The maximum atomic E-state index is 11.9. The standard InChI is InChI=1S/C22H27N3O3/c1-23-10-11-24-22(26)28-21-13-25-20-9-8-15(12-18(20)21)27-14-19-16-6-4-2-3-5-7-17(16)19/h8-9,12-13,16-17,19,23,25H,4-7,10-11,14H2,1H3,(H,24,26)/t16-,17+,19?. The molecule has 3 N–H and O–H groups in total. The Morgan fingerprint density at radius 2 is 2.00 bits per heavy atom. The summed E-state index contributed by atoms with van der Waals surface area (Å²) in [5.74, 6) is 9.99. The SMILES string of the molecule is CNCCNC(=O)Oc1c[nH]c2ccc(OCC3[C@H]4CCC#CCC[C@@H]34)cc12. The number of hydrogen-bond acceptors (Lipinski definition) is 4. The van der Waals surface area contributed by atoms with Gasteiger partial charge in [0.05, 0.1) is 6.61 Å². The molecule has 0 spiro atoms. The smallest absolute Gasteiger partial charge is 0.412 e. The molecule has 1 aromatic heterocycles. The van der Waals surface area contributed by atoms with Crippen molar-refractivity contribution < 1.29 is 14.3 Å². The quantitative estimate of drug-likeness (QED) is 0.508. The van der Waals surface area contributed by atoms with Crippen LogP contribution in [-0.2, 0) is 0 Å². The van der Waals surface area contributed by atoms with Crippen LogP contribution in [0.2, 0.25) is 0 Å². The van der Waals surface area contributed by atoms with Crippen LogP contribution in [0.3, 0.4) is 0 Å². The molecule has 0 bridgehead atoms. The van der Waals surface area contributed by atoms with Gasteiger partial charge in [0.25, 0.3) is 0 Å². The maximum Gasteiger partial charge on any atom is 0.412 e. The fraction of sp³-hybridized carbons (Fsp3) is 0.500. The molecule has 6 nitrogen and oxygen atoms in total. The zero-order valence-corrected chi connectivity index (χ0v) is 16.2. The number of amides is 1. The van der Waals surface area contributed by atoms with Crippen LogP contribution >= 0.6 is 0 Å². The van der Waals surface area contributed by atoms with E-state index in [2.05, 4.69) is 27.5 Å². The molecular weight excluding hydrogens is 354 g/mol. The second-order valence-electron chi connectivity index (χ2n) is 7.51. The summed E-state index contributed by atoms with van der Waals surface area (Å²) in [6.07, 6.45) is 5.67. The van der Waals surface area contributed by atoms with Crippen molar-refractivity contribution in [1.82, 2.24) is 15.6 Å². The molecule has 2 aliphatic rings. The van der Waals surface area contributed by atoms with Crippen molar-refractivity contribution in [1.29, 1.82) is 0 Å². The fourth-order valence-corrected chi connectivity index (χ4v) is 4.15. The third kappa shape index (κ3) is 4.26. The van der Waals surface area contributed by atoms with Crippen LogP contribution in [-0.4, -0.2) is 37.8 Å². The van der Waals surface area contributed by atoms with Crippen LogP contribution in [0.25, 0.3) is 10.9 Å². The van der Waals surface area contributed by atoms with Gasteiger partial charge in [-0.15, -0.1) is 11.8 Å². The number of carbonyl (C=O) groups is 1. The zero-order chi connectivity index (χ0) is 19.3. The first kappa shape index (κ1) is 18.7. The molecule has 1 saturated carbocycles. The Morgan fingerprint density at radius 3 is 2.75 bits per heavy atom. The first-order valence-corrected chi connectivity index (χ1v) is 10.1. The number of fused-ring (bicyclic) bond motifs is 2. The number of carbonyl (C=O) groups excluding carboxylic acids is 1. The molecular formula is C22H27N3O3.